The molecule has 1 saturated heterocycles. The van der Waals surface area contributed by atoms with Crippen LogP contribution < -0.4 is 0 Å². The van der Waals surface area contributed by atoms with E-state index in [0.29, 0.717) is 31.1 Å². The second kappa shape index (κ2) is 4.74. The smallest absolute Gasteiger partial charge is 0.168 e. The molecule has 4 heteroatoms. The lowest BCUT2D eigenvalue weighted by Crippen LogP contribution is -2.42. The first-order chi connectivity index (χ1) is 9.03. The highest BCUT2D eigenvalue weighted by Gasteiger charge is 2.46. The standard InChI is InChI=1S/C15H19ClO3/c1-11-2-3-12(10-13(11)16)14(17)4-6-15(7-5-14)18-8-9-19-15/h2-3,10,17H,4-9H2,1H3. The Balaban J connectivity index is 1.79. The largest absolute Gasteiger partial charge is 0.385 e. The van der Waals surface area contributed by atoms with Gasteiger partial charge in [-0.25, -0.2) is 0 Å². The van der Waals surface area contributed by atoms with Gasteiger partial charge in [0.15, 0.2) is 5.79 Å². The Labute approximate surface area is 118 Å². The minimum Gasteiger partial charge on any atom is -0.385 e. The van der Waals surface area contributed by atoms with Crippen molar-refractivity contribution in [1.29, 1.82) is 0 Å². The van der Waals surface area contributed by atoms with E-state index < -0.39 is 11.4 Å². The van der Waals surface area contributed by atoms with Crippen LogP contribution in [0.2, 0.25) is 5.02 Å². The Kier molecular flexibility index (Phi) is 3.34. The van der Waals surface area contributed by atoms with Crippen molar-refractivity contribution in [2.75, 3.05) is 13.2 Å². The van der Waals surface area contributed by atoms with Gasteiger partial charge in [-0.3, -0.25) is 0 Å². The molecule has 2 fully saturated rings. The average Bonchev–Trinajstić information content (AvgIpc) is 2.86. The number of halogens is 1. The lowest BCUT2D eigenvalue weighted by Gasteiger charge is -2.40. The Morgan fingerprint density at radius 2 is 1.74 bits per heavy atom. The molecule has 1 aliphatic heterocycles. The van der Waals surface area contributed by atoms with Gasteiger partial charge in [-0.05, 0) is 37.0 Å². The summed E-state index contributed by atoms with van der Waals surface area (Å²) in [6.45, 7) is 3.29. The zero-order valence-corrected chi connectivity index (χ0v) is 11.9. The van der Waals surface area contributed by atoms with Crippen LogP contribution in [0.1, 0.15) is 36.8 Å². The average molecular weight is 283 g/mol. The van der Waals surface area contributed by atoms with Crippen LogP contribution in [0.25, 0.3) is 0 Å². The van der Waals surface area contributed by atoms with Crippen molar-refractivity contribution in [2.24, 2.45) is 0 Å². The van der Waals surface area contributed by atoms with Crippen LogP contribution in [0.3, 0.4) is 0 Å². The third-order valence-electron chi connectivity index (χ3n) is 4.36. The number of hydrogen-bond donors (Lipinski definition) is 1. The van der Waals surface area contributed by atoms with E-state index in [1.807, 2.05) is 25.1 Å². The summed E-state index contributed by atoms with van der Waals surface area (Å²) in [4.78, 5) is 0. The van der Waals surface area contributed by atoms with Crippen LogP contribution in [-0.2, 0) is 15.1 Å². The molecule has 0 bridgehead atoms. The summed E-state index contributed by atoms with van der Waals surface area (Å²) < 4.78 is 11.4. The predicted octanol–water partition coefficient (Wildman–Crippen LogP) is 3.15. The number of aryl methyl sites for hydroxylation is 1. The van der Waals surface area contributed by atoms with E-state index in [9.17, 15) is 5.11 Å². The maximum absolute atomic E-state index is 10.8. The number of rotatable bonds is 1. The van der Waals surface area contributed by atoms with E-state index >= 15 is 0 Å². The Morgan fingerprint density at radius 1 is 1.11 bits per heavy atom. The lowest BCUT2D eigenvalue weighted by molar-refractivity contribution is -0.204. The fourth-order valence-corrected chi connectivity index (χ4v) is 3.18. The fourth-order valence-electron chi connectivity index (χ4n) is 3.00. The van der Waals surface area contributed by atoms with Crippen LogP contribution in [0, 0.1) is 6.92 Å². The maximum Gasteiger partial charge on any atom is 0.168 e. The van der Waals surface area contributed by atoms with Gasteiger partial charge in [-0.1, -0.05) is 23.7 Å². The topological polar surface area (TPSA) is 38.7 Å². The molecule has 19 heavy (non-hydrogen) atoms. The molecule has 0 atom stereocenters. The highest BCUT2D eigenvalue weighted by Crippen LogP contribution is 2.45. The Bertz CT molecular complexity index is 470. The number of benzene rings is 1. The van der Waals surface area contributed by atoms with Gasteiger partial charge in [0.1, 0.15) is 0 Å². The molecule has 3 rings (SSSR count). The normalized spacial score (nSPS) is 24.8. The van der Waals surface area contributed by atoms with Crippen LogP contribution in [0.15, 0.2) is 18.2 Å². The number of hydrogen-bond acceptors (Lipinski definition) is 3. The summed E-state index contributed by atoms with van der Waals surface area (Å²) in [5.41, 5.74) is 1.12. The summed E-state index contributed by atoms with van der Waals surface area (Å²) in [5, 5.41) is 11.5. The summed E-state index contributed by atoms with van der Waals surface area (Å²) in [6.07, 6.45) is 2.75. The summed E-state index contributed by atoms with van der Waals surface area (Å²) >= 11 is 6.16. The van der Waals surface area contributed by atoms with E-state index in [2.05, 4.69) is 0 Å². The Hall–Kier alpha value is -0.610. The first-order valence-electron chi connectivity index (χ1n) is 6.80. The van der Waals surface area contributed by atoms with Crippen molar-refractivity contribution < 1.29 is 14.6 Å². The van der Waals surface area contributed by atoms with Gasteiger partial charge in [0.2, 0.25) is 0 Å². The molecule has 1 N–H and O–H groups in total. The second-order valence-corrected chi connectivity index (χ2v) is 6.01. The molecule has 104 valence electrons. The zero-order valence-electron chi connectivity index (χ0n) is 11.1. The van der Waals surface area contributed by atoms with Gasteiger partial charge < -0.3 is 14.6 Å². The molecule has 1 aromatic carbocycles. The van der Waals surface area contributed by atoms with Crippen molar-refractivity contribution in [3.63, 3.8) is 0 Å². The monoisotopic (exact) mass is 282 g/mol. The third kappa shape index (κ3) is 2.40. The van der Waals surface area contributed by atoms with Gasteiger partial charge in [-0.2, -0.15) is 0 Å². The minimum absolute atomic E-state index is 0.444. The van der Waals surface area contributed by atoms with E-state index in [4.69, 9.17) is 21.1 Å². The predicted molar refractivity (Wildman–Crippen MR) is 73.2 cm³/mol. The van der Waals surface area contributed by atoms with Gasteiger partial charge in [0.05, 0.1) is 18.8 Å². The highest BCUT2D eigenvalue weighted by atomic mass is 35.5. The number of ether oxygens (including phenoxy) is 2. The molecule has 1 spiro atoms. The molecule has 1 aliphatic carbocycles. The summed E-state index contributed by atoms with van der Waals surface area (Å²) in [7, 11) is 0. The van der Waals surface area contributed by atoms with Crippen LogP contribution in [0.5, 0.6) is 0 Å². The molecule has 3 nitrogen and oxygen atoms in total. The first-order valence-corrected chi connectivity index (χ1v) is 7.18. The molecule has 0 aromatic heterocycles. The molecule has 0 unspecified atom stereocenters. The van der Waals surface area contributed by atoms with Gasteiger partial charge in [0.25, 0.3) is 0 Å². The van der Waals surface area contributed by atoms with Crippen molar-refractivity contribution in [2.45, 2.75) is 44.0 Å². The quantitative estimate of drug-likeness (QED) is 0.860. The molecule has 1 saturated carbocycles. The maximum atomic E-state index is 10.8. The van der Waals surface area contributed by atoms with Crippen LogP contribution in [0.4, 0.5) is 0 Å². The van der Waals surface area contributed by atoms with E-state index in [1.54, 1.807) is 0 Å². The first kappa shape index (κ1) is 13.4. The van der Waals surface area contributed by atoms with Crippen molar-refractivity contribution in [3.05, 3.63) is 34.3 Å². The van der Waals surface area contributed by atoms with Crippen LogP contribution in [-0.4, -0.2) is 24.1 Å². The molecular formula is C15H19ClO3. The molecule has 1 aromatic rings. The lowest BCUT2D eigenvalue weighted by atomic mass is 9.77. The zero-order chi connectivity index (χ0) is 13.5. The van der Waals surface area contributed by atoms with Crippen molar-refractivity contribution >= 4 is 11.6 Å². The molecular weight excluding hydrogens is 264 g/mol. The van der Waals surface area contributed by atoms with E-state index in [0.717, 1.165) is 24.0 Å². The highest BCUT2D eigenvalue weighted by molar-refractivity contribution is 6.31. The Morgan fingerprint density at radius 3 is 2.32 bits per heavy atom. The summed E-state index contributed by atoms with van der Waals surface area (Å²) in [5.74, 6) is -0.444. The van der Waals surface area contributed by atoms with Gasteiger partial charge >= 0.3 is 0 Å². The van der Waals surface area contributed by atoms with E-state index in [-0.39, 0.29) is 0 Å². The molecule has 0 amide bonds. The third-order valence-corrected chi connectivity index (χ3v) is 4.77. The summed E-state index contributed by atoms with van der Waals surface area (Å²) in [6, 6.07) is 5.81. The van der Waals surface area contributed by atoms with Gasteiger partial charge in [-0.15, -0.1) is 0 Å². The SMILES string of the molecule is Cc1ccc(C2(O)CCC3(CC2)OCCO3)cc1Cl. The van der Waals surface area contributed by atoms with Crippen molar-refractivity contribution in [3.8, 4) is 0 Å². The molecule has 1 heterocycles. The fraction of sp³-hybridized carbons (Fsp3) is 0.600. The van der Waals surface area contributed by atoms with Crippen LogP contribution >= 0.6 is 11.6 Å². The van der Waals surface area contributed by atoms with Crippen molar-refractivity contribution in [1.82, 2.24) is 0 Å². The molecule has 0 radical (unpaired) electrons. The van der Waals surface area contributed by atoms with E-state index in [1.165, 1.54) is 0 Å². The molecule has 2 aliphatic rings. The number of aliphatic hydroxyl groups is 1. The minimum atomic E-state index is -0.808. The van der Waals surface area contributed by atoms with Gasteiger partial charge in [0, 0.05) is 17.9 Å². The second-order valence-electron chi connectivity index (χ2n) is 5.60.